The van der Waals surface area contributed by atoms with Crippen LogP contribution in [0.4, 0.5) is 0 Å². The Kier molecular flexibility index (Phi) is 4.02. The van der Waals surface area contributed by atoms with Crippen molar-refractivity contribution in [2.75, 3.05) is 33.4 Å². The fourth-order valence-electron chi connectivity index (χ4n) is 1.97. The predicted octanol–water partition coefficient (Wildman–Crippen LogP) is 1.61. The summed E-state index contributed by atoms with van der Waals surface area (Å²) in [5.41, 5.74) is 0. The molecule has 0 saturated carbocycles. The van der Waals surface area contributed by atoms with Crippen molar-refractivity contribution >= 4 is 0 Å². The third-order valence-corrected chi connectivity index (χ3v) is 2.40. The van der Waals surface area contributed by atoms with Gasteiger partial charge in [-0.15, -0.1) is 0 Å². The Morgan fingerprint density at radius 2 is 2.25 bits per heavy atom. The summed E-state index contributed by atoms with van der Waals surface area (Å²) in [6.45, 7) is 9.26. The van der Waals surface area contributed by atoms with Gasteiger partial charge in [0.1, 0.15) is 0 Å². The second kappa shape index (κ2) is 4.83. The van der Waals surface area contributed by atoms with Crippen LogP contribution in [-0.4, -0.2) is 38.3 Å². The van der Waals surface area contributed by atoms with E-state index in [1.165, 1.54) is 26.1 Å². The second-order valence-corrected chi connectivity index (χ2v) is 4.26. The maximum Gasteiger partial charge on any atom is 0.0503 e. The second-order valence-electron chi connectivity index (χ2n) is 4.26. The lowest BCUT2D eigenvalue weighted by atomic mass is 10.1. The first-order chi connectivity index (χ1) is 5.72. The molecule has 0 spiro atoms. The molecular weight excluding hydrogens is 150 g/mol. The van der Waals surface area contributed by atoms with E-state index in [1.54, 1.807) is 7.11 Å². The fraction of sp³-hybridized carbons (Fsp3) is 1.00. The lowest BCUT2D eigenvalue weighted by Crippen LogP contribution is -2.25. The van der Waals surface area contributed by atoms with Crippen LogP contribution in [0.2, 0.25) is 0 Å². The average Bonchev–Trinajstić information content (AvgIpc) is 2.36. The highest BCUT2D eigenvalue weighted by atomic mass is 16.5. The van der Waals surface area contributed by atoms with Crippen molar-refractivity contribution in [2.45, 2.75) is 20.3 Å². The van der Waals surface area contributed by atoms with E-state index in [0.717, 1.165) is 18.4 Å². The number of methoxy groups -OCH3 is 1. The molecule has 1 unspecified atom stereocenters. The van der Waals surface area contributed by atoms with E-state index in [2.05, 4.69) is 18.7 Å². The SMILES string of the molecule is COCC1CCN(CC(C)C)C1. The molecule has 0 N–H and O–H groups in total. The van der Waals surface area contributed by atoms with Gasteiger partial charge in [-0.25, -0.2) is 0 Å². The Hall–Kier alpha value is -0.0800. The molecule has 0 radical (unpaired) electrons. The number of likely N-dealkylation sites (tertiary alicyclic amines) is 1. The van der Waals surface area contributed by atoms with Gasteiger partial charge in [0.15, 0.2) is 0 Å². The van der Waals surface area contributed by atoms with Gasteiger partial charge in [0.05, 0.1) is 6.61 Å². The molecule has 1 heterocycles. The molecule has 1 atom stereocenters. The molecule has 2 nitrogen and oxygen atoms in total. The topological polar surface area (TPSA) is 12.5 Å². The van der Waals surface area contributed by atoms with Crippen molar-refractivity contribution in [1.82, 2.24) is 4.90 Å². The predicted molar refractivity (Wildman–Crippen MR) is 51.3 cm³/mol. The summed E-state index contributed by atoms with van der Waals surface area (Å²) < 4.78 is 5.15. The molecule has 1 aliphatic rings. The van der Waals surface area contributed by atoms with Crippen LogP contribution in [0.3, 0.4) is 0 Å². The molecule has 0 amide bonds. The quantitative estimate of drug-likeness (QED) is 0.637. The van der Waals surface area contributed by atoms with Crippen LogP contribution in [0.15, 0.2) is 0 Å². The average molecular weight is 171 g/mol. The van der Waals surface area contributed by atoms with Gasteiger partial charge >= 0.3 is 0 Å². The minimum atomic E-state index is 0.786. The maximum atomic E-state index is 5.15. The third-order valence-electron chi connectivity index (χ3n) is 2.40. The highest BCUT2D eigenvalue weighted by molar-refractivity contribution is 4.75. The zero-order valence-electron chi connectivity index (χ0n) is 8.55. The van der Waals surface area contributed by atoms with Crippen molar-refractivity contribution in [2.24, 2.45) is 11.8 Å². The molecule has 0 aliphatic carbocycles. The number of nitrogens with zero attached hydrogens (tertiary/aromatic N) is 1. The molecule has 2 heteroatoms. The number of hydrogen-bond donors (Lipinski definition) is 0. The summed E-state index contributed by atoms with van der Waals surface area (Å²) in [6, 6.07) is 0. The van der Waals surface area contributed by atoms with Gasteiger partial charge in [-0.05, 0) is 24.8 Å². The first-order valence-electron chi connectivity index (χ1n) is 4.93. The summed E-state index contributed by atoms with van der Waals surface area (Å²) in [4.78, 5) is 2.55. The van der Waals surface area contributed by atoms with E-state index in [9.17, 15) is 0 Å². The zero-order valence-corrected chi connectivity index (χ0v) is 8.55. The van der Waals surface area contributed by atoms with E-state index in [0.29, 0.717) is 0 Å². The molecule has 1 fully saturated rings. The van der Waals surface area contributed by atoms with Crippen molar-refractivity contribution < 1.29 is 4.74 Å². The molecule has 0 bridgehead atoms. The summed E-state index contributed by atoms with van der Waals surface area (Å²) in [6.07, 6.45) is 1.32. The molecule has 0 aromatic rings. The van der Waals surface area contributed by atoms with E-state index in [-0.39, 0.29) is 0 Å². The molecule has 72 valence electrons. The Bertz CT molecular complexity index is 125. The molecule has 0 aromatic carbocycles. The maximum absolute atomic E-state index is 5.15. The van der Waals surface area contributed by atoms with Gasteiger partial charge in [-0.1, -0.05) is 13.8 Å². The zero-order chi connectivity index (χ0) is 8.97. The van der Waals surface area contributed by atoms with Crippen molar-refractivity contribution in [3.8, 4) is 0 Å². The van der Waals surface area contributed by atoms with Crippen molar-refractivity contribution in [3.05, 3.63) is 0 Å². The summed E-state index contributed by atoms with van der Waals surface area (Å²) in [5, 5.41) is 0. The highest BCUT2D eigenvalue weighted by Crippen LogP contribution is 2.17. The molecule has 12 heavy (non-hydrogen) atoms. The van der Waals surface area contributed by atoms with Crippen LogP contribution in [0.25, 0.3) is 0 Å². The van der Waals surface area contributed by atoms with Crippen molar-refractivity contribution in [3.63, 3.8) is 0 Å². The van der Waals surface area contributed by atoms with Gasteiger partial charge in [0.2, 0.25) is 0 Å². The molecule has 1 rings (SSSR count). The summed E-state index contributed by atoms with van der Waals surface area (Å²) >= 11 is 0. The fourth-order valence-corrected chi connectivity index (χ4v) is 1.97. The van der Waals surface area contributed by atoms with Crippen LogP contribution in [0.5, 0.6) is 0 Å². The Labute approximate surface area is 75.9 Å². The molecular formula is C10H21NO. The van der Waals surface area contributed by atoms with Crippen LogP contribution in [0.1, 0.15) is 20.3 Å². The standard InChI is InChI=1S/C10H21NO/c1-9(2)6-11-5-4-10(7-11)8-12-3/h9-10H,4-8H2,1-3H3. The largest absolute Gasteiger partial charge is 0.384 e. The summed E-state index contributed by atoms with van der Waals surface area (Å²) in [5.74, 6) is 1.58. The van der Waals surface area contributed by atoms with Gasteiger partial charge in [0.25, 0.3) is 0 Å². The molecule has 1 saturated heterocycles. The number of ether oxygens (including phenoxy) is 1. The number of hydrogen-bond acceptors (Lipinski definition) is 2. The minimum Gasteiger partial charge on any atom is -0.384 e. The van der Waals surface area contributed by atoms with Crippen molar-refractivity contribution in [1.29, 1.82) is 0 Å². The number of rotatable bonds is 4. The van der Waals surface area contributed by atoms with E-state index < -0.39 is 0 Å². The summed E-state index contributed by atoms with van der Waals surface area (Å²) in [7, 11) is 1.80. The first-order valence-corrected chi connectivity index (χ1v) is 4.93. The Morgan fingerprint density at radius 1 is 1.50 bits per heavy atom. The third kappa shape index (κ3) is 3.11. The minimum absolute atomic E-state index is 0.786. The van der Waals surface area contributed by atoms with E-state index >= 15 is 0 Å². The lowest BCUT2D eigenvalue weighted by molar-refractivity contribution is 0.152. The molecule has 0 aromatic heterocycles. The smallest absolute Gasteiger partial charge is 0.0503 e. The van der Waals surface area contributed by atoms with Gasteiger partial charge in [0, 0.05) is 20.2 Å². The van der Waals surface area contributed by atoms with Crippen LogP contribution in [0, 0.1) is 11.8 Å². The normalized spacial score (nSPS) is 25.5. The Balaban J connectivity index is 2.16. The van der Waals surface area contributed by atoms with E-state index in [1.807, 2.05) is 0 Å². The van der Waals surface area contributed by atoms with Crippen LogP contribution >= 0.6 is 0 Å². The highest BCUT2D eigenvalue weighted by Gasteiger charge is 2.22. The Morgan fingerprint density at radius 3 is 2.83 bits per heavy atom. The molecule has 1 aliphatic heterocycles. The van der Waals surface area contributed by atoms with Gasteiger partial charge in [-0.2, -0.15) is 0 Å². The van der Waals surface area contributed by atoms with Crippen LogP contribution < -0.4 is 0 Å². The lowest BCUT2D eigenvalue weighted by Gasteiger charge is -2.17. The first kappa shape index (κ1) is 10.0. The monoisotopic (exact) mass is 171 g/mol. The van der Waals surface area contributed by atoms with E-state index in [4.69, 9.17) is 4.74 Å². The van der Waals surface area contributed by atoms with Gasteiger partial charge in [-0.3, -0.25) is 0 Å². The van der Waals surface area contributed by atoms with Gasteiger partial charge < -0.3 is 9.64 Å². The van der Waals surface area contributed by atoms with Crippen LogP contribution in [-0.2, 0) is 4.74 Å².